The van der Waals surface area contributed by atoms with Crippen LogP contribution < -0.4 is 5.32 Å². The van der Waals surface area contributed by atoms with Crippen LogP contribution in [0, 0.1) is 0 Å². The first kappa shape index (κ1) is 13.8. The van der Waals surface area contributed by atoms with Crippen molar-refractivity contribution >= 4 is 9.84 Å². The maximum Gasteiger partial charge on any atom is 0.175 e. The molecular weight excluding hydrogens is 258 g/mol. The third-order valence-corrected chi connectivity index (χ3v) is 3.98. The van der Waals surface area contributed by atoms with Crippen molar-refractivity contribution in [1.29, 1.82) is 0 Å². The predicted molar refractivity (Wildman–Crippen MR) is 76.5 cm³/mol. The van der Waals surface area contributed by atoms with Crippen molar-refractivity contribution in [2.75, 3.05) is 6.26 Å². The van der Waals surface area contributed by atoms with Crippen LogP contribution >= 0.6 is 0 Å². The Labute approximate surface area is 114 Å². The van der Waals surface area contributed by atoms with Gasteiger partial charge in [-0.3, -0.25) is 0 Å². The Balaban J connectivity index is 1.90. The van der Waals surface area contributed by atoms with Gasteiger partial charge in [0, 0.05) is 19.3 Å². The van der Waals surface area contributed by atoms with Gasteiger partial charge in [0.15, 0.2) is 9.84 Å². The van der Waals surface area contributed by atoms with E-state index in [4.69, 9.17) is 0 Å². The number of benzene rings is 2. The average molecular weight is 275 g/mol. The van der Waals surface area contributed by atoms with Crippen molar-refractivity contribution in [3.63, 3.8) is 0 Å². The molecule has 4 heteroatoms. The molecule has 0 fully saturated rings. The van der Waals surface area contributed by atoms with E-state index in [9.17, 15) is 8.42 Å². The Morgan fingerprint density at radius 3 is 1.89 bits per heavy atom. The van der Waals surface area contributed by atoms with Crippen molar-refractivity contribution in [1.82, 2.24) is 5.32 Å². The molecule has 0 radical (unpaired) electrons. The third kappa shape index (κ3) is 4.19. The Morgan fingerprint density at radius 2 is 1.37 bits per heavy atom. The summed E-state index contributed by atoms with van der Waals surface area (Å²) in [4.78, 5) is 0.360. The number of nitrogens with one attached hydrogen (secondary N) is 1. The Hall–Kier alpha value is -1.65. The van der Waals surface area contributed by atoms with Crippen LogP contribution in [0.15, 0.2) is 59.5 Å². The molecule has 0 amide bonds. The summed E-state index contributed by atoms with van der Waals surface area (Å²) in [6.07, 6.45) is 1.22. The fourth-order valence-corrected chi connectivity index (χ4v) is 2.43. The zero-order chi connectivity index (χ0) is 13.7. The van der Waals surface area contributed by atoms with E-state index in [1.54, 1.807) is 12.1 Å². The van der Waals surface area contributed by atoms with E-state index in [1.807, 2.05) is 30.3 Å². The van der Waals surface area contributed by atoms with E-state index < -0.39 is 9.84 Å². The molecule has 1 N–H and O–H groups in total. The molecule has 0 bridgehead atoms. The van der Waals surface area contributed by atoms with Gasteiger partial charge in [0.1, 0.15) is 0 Å². The molecule has 2 aromatic carbocycles. The molecule has 3 nitrogen and oxygen atoms in total. The number of sulfone groups is 1. The van der Waals surface area contributed by atoms with Gasteiger partial charge in [-0.25, -0.2) is 8.42 Å². The van der Waals surface area contributed by atoms with Gasteiger partial charge in [0.05, 0.1) is 4.90 Å². The molecule has 0 aliphatic carbocycles. The van der Waals surface area contributed by atoms with E-state index in [0.29, 0.717) is 4.90 Å². The van der Waals surface area contributed by atoms with Crippen LogP contribution in [0.1, 0.15) is 11.1 Å². The molecule has 19 heavy (non-hydrogen) atoms. The Bertz CT molecular complexity index is 619. The van der Waals surface area contributed by atoms with E-state index in [0.717, 1.165) is 18.7 Å². The fraction of sp³-hybridized carbons (Fsp3) is 0.200. The molecule has 2 aromatic rings. The van der Waals surface area contributed by atoms with Crippen molar-refractivity contribution in [3.8, 4) is 0 Å². The van der Waals surface area contributed by atoms with E-state index in [-0.39, 0.29) is 0 Å². The maximum absolute atomic E-state index is 11.3. The average Bonchev–Trinajstić information content (AvgIpc) is 2.39. The standard InChI is InChI=1S/C15H17NO2S/c1-19(17,18)15-9-7-14(8-10-15)12-16-11-13-5-3-2-4-6-13/h2-10,16H,11-12H2,1H3. The summed E-state index contributed by atoms with van der Waals surface area (Å²) < 4.78 is 22.7. The van der Waals surface area contributed by atoms with Crippen LogP contribution in [-0.2, 0) is 22.9 Å². The fourth-order valence-electron chi connectivity index (χ4n) is 1.80. The first-order valence-corrected chi connectivity index (χ1v) is 7.98. The van der Waals surface area contributed by atoms with Crippen molar-refractivity contribution < 1.29 is 8.42 Å². The topological polar surface area (TPSA) is 46.2 Å². The lowest BCUT2D eigenvalue weighted by atomic mass is 10.2. The summed E-state index contributed by atoms with van der Waals surface area (Å²) in [5, 5.41) is 3.33. The van der Waals surface area contributed by atoms with Gasteiger partial charge in [-0.2, -0.15) is 0 Å². The molecule has 0 saturated carbocycles. The molecule has 100 valence electrons. The molecule has 0 spiro atoms. The van der Waals surface area contributed by atoms with Crippen LogP contribution in [0.3, 0.4) is 0 Å². The highest BCUT2D eigenvalue weighted by Crippen LogP contribution is 2.10. The minimum Gasteiger partial charge on any atom is -0.309 e. The van der Waals surface area contributed by atoms with Crippen LogP contribution in [0.25, 0.3) is 0 Å². The molecule has 0 aliphatic rings. The van der Waals surface area contributed by atoms with Crippen LogP contribution in [0.5, 0.6) is 0 Å². The highest BCUT2D eigenvalue weighted by Gasteiger charge is 2.05. The van der Waals surface area contributed by atoms with Crippen molar-refractivity contribution in [2.24, 2.45) is 0 Å². The summed E-state index contributed by atoms with van der Waals surface area (Å²) in [5.41, 5.74) is 2.30. The molecule has 0 aromatic heterocycles. The maximum atomic E-state index is 11.3. The molecule has 0 unspecified atom stereocenters. The summed E-state index contributed by atoms with van der Waals surface area (Å²) in [5.74, 6) is 0. The second-order valence-corrected chi connectivity index (χ2v) is 6.52. The third-order valence-electron chi connectivity index (χ3n) is 2.85. The number of hydrogen-bond donors (Lipinski definition) is 1. The lowest BCUT2D eigenvalue weighted by Crippen LogP contribution is -2.12. The van der Waals surface area contributed by atoms with Crippen LogP contribution in [0.4, 0.5) is 0 Å². The van der Waals surface area contributed by atoms with Crippen LogP contribution in [-0.4, -0.2) is 14.7 Å². The molecule has 0 saturated heterocycles. The minimum atomic E-state index is -3.10. The van der Waals surface area contributed by atoms with Gasteiger partial charge in [-0.05, 0) is 23.3 Å². The lowest BCUT2D eigenvalue weighted by molar-refractivity contribution is 0.602. The monoisotopic (exact) mass is 275 g/mol. The molecule has 0 heterocycles. The highest BCUT2D eigenvalue weighted by molar-refractivity contribution is 7.90. The number of rotatable bonds is 5. The summed E-state index contributed by atoms with van der Waals surface area (Å²) in [6, 6.07) is 17.1. The normalized spacial score (nSPS) is 11.4. The van der Waals surface area contributed by atoms with E-state index >= 15 is 0 Å². The molecule has 0 atom stereocenters. The van der Waals surface area contributed by atoms with Gasteiger partial charge in [0.2, 0.25) is 0 Å². The van der Waals surface area contributed by atoms with E-state index in [2.05, 4.69) is 17.4 Å². The summed E-state index contributed by atoms with van der Waals surface area (Å²) in [6.45, 7) is 1.52. The van der Waals surface area contributed by atoms with Crippen molar-refractivity contribution in [2.45, 2.75) is 18.0 Å². The van der Waals surface area contributed by atoms with Gasteiger partial charge in [-0.15, -0.1) is 0 Å². The minimum absolute atomic E-state index is 0.360. The summed E-state index contributed by atoms with van der Waals surface area (Å²) >= 11 is 0. The van der Waals surface area contributed by atoms with Crippen molar-refractivity contribution in [3.05, 3.63) is 65.7 Å². The summed E-state index contributed by atoms with van der Waals surface area (Å²) in [7, 11) is -3.10. The predicted octanol–water partition coefficient (Wildman–Crippen LogP) is 2.38. The second kappa shape index (κ2) is 5.99. The van der Waals surface area contributed by atoms with Gasteiger partial charge in [0.25, 0.3) is 0 Å². The van der Waals surface area contributed by atoms with Gasteiger partial charge >= 0.3 is 0 Å². The highest BCUT2D eigenvalue weighted by atomic mass is 32.2. The number of hydrogen-bond acceptors (Lipinski definition) is 3. The first-order valence-electron chi connectivity index (χ1n) is 6.09. The molecule has 0 aliphatic heterocycles. The molecular formula is C15H17NO2S. The smallest absolute Gasteiger partial charge is 0.175 e. The Kier molecular flexibility index (Phi) is 4.35. The zero-order valence-corrected chi connectivity index (χ0v) is 11.7. The van der Waals surface area contributed by atoms with E-state index in [1.165, 1.54) is 11.8 Å². The van der Waals surface area contributed by atoms with Gasteiger partial charge in [-0.1, -0.05) is 42.5 Å². The second-order valence-electron chi connectivity index (χ2n) is 4.51. The zero-order valence-electron chi connectivity index (χ0n) is 10.8. The molecule has 2 rings (SSSR count). The largest absolute Gasteiger partial charge is 0.309 e. The first-order chi connectivity index (χ1) is 9.05. The quantitative estimate of drug-likeness (QED) is 0.911. The SMILES string of the molecule is CS(=O)(=O)c1ccc(CNCc2ccccc2)cc1. The van der Waals surface area contributed by atoms with Crippen LogP contribution in [0.2, 0.25) is 0 Å². The van der Waals surface area contributed by atoms with Gasteiger partial charge < -0.3 is 5.32 Å². The lowest BCUT2D eigenvalue weighted by Gasteiger charge is -2.06. The Morgan fingerprint density at radius 1 is 0.842 bits per heavy atom.